The Morgan fingerprint density at radius 3 is 1.93 bits per heavy atom. The molecule has 7 nitrogen and oxygen atoms in total. The first-order valence-corrected chi connectivity index (χ1v) is 9.77. The lowest BCUT2D eigenvalue weighted by molar-refractivity contribution is 0.349. The molecule has 0 aliphatic rings. The van der Waals surface area contributed by atoms with E-state index in [1.165, 1.54) is 50.7 Å². The zero-order valence-electron chi connectivity index (χ0n) is 16.0. The quantitative estimate of drug-likeness (QED) is 0.602. The Labute approximate surface area is 164 Å². The average Bonchev–Trinajstić information content (AvgIpc) is 3.23. The van der Waals surface area contributed by atoms with E-state index >= 15 is 0 Å². The lowest BCUT2D eigenvalue weighted by Crippen LogP contribution is -2.13. The second-order valence-corrected chi connectivity index (χ2v) is 7.59. The van der Waals surface area contributed by atoms with E-state index in [9.17, 15) is 8.42 Å². The Balaban J connectivity index is 2.16. The third kappa shape index (κ3) is 3.38. The fourth-order valence-electron chi connectivity index (χ4n) is 2.87. The molecule has 0 saturated heterocycles. The normalized spacial score (nSPS) is 11.1. The number of hydrogen-bond donors (Lipinski definition) is 0. The molecule has 1 aromatic heterocycles. The molecule has 0 spiro atoms. The SMILES string of the molecule is COc1ccc(S(=O)(=O)n2cccc2-c2cc(OC)c(OC)cc2OC)cc1. The predicted octanol–water partition coefficient (Wildman–Crippen LogP) is 3.43. The average molecular weight is 403 g/mol. The molecule has 0 N–H and O–H groups in total. The highest BCUT2D eigenvalue weighted by Crippen LogP contribution is 2.40. The fraction of sp³-hybridized carbons (Fsp3) is 0.200. The lowest BCUT2D eigenvalue weighted by Gasteiger charge is -2.16. The minimum absolute atomic E-state index is 0.144. The maximum absolute atomic E-state index is 13.2. The van der Waals surface area contributed by atoms with Crippen LogP contribution in [0.4, 0.5) is 0 Å². The van der Waals surface area contributed by atoms with Crippen LogP contribution in [-0.4, -0.2) is 40.8 Å². The van der Waals surface area contributed by atoms with E-state index in [1.807, 2.05) is 0 Å². The largest absolute Gasteiger partial charge is 0.497 e. The summed E-state index contributed by atoms with van der Waals surface area (Å²) in [5.41, 5.74) is 0.996. The summed E-state index contributed by atoms with van der Waals surface area (Å²) in [6, 6.07) is 12.9. The van der Waals surface area contributed by atoms with Gasteiger partial charge in [0.25, 0.3) is 10.0 Å². The molecule has 0 aliphatic heterocycles. The Morgan fingerprint density at radius 2 is 1.36 bits per heavy atom. The molecule has 0 radical (unpaired) electrons. The third-order valence-electron chi connectivity index (χ3n) is 4.31. The van der Waals surface area contributed by atoms with Crippen LogP contribution in [0.2, 0.25) is 0 Å². The van der Waals surface area contributed by atoms with Gasteiger partial charge < -0.3 is 18.9 Å². The number of nitrogens with zero attached hydrogens (tertiary/aromatic N) is 1. The van der Waals surface area contributed by atoms with Gasteiger partial charge in [-0.05, 0) is 42.5 Å². The number of rotatable bonds is 7. The van der Waals surface area contributed by atoms with Gasteiger partial charge in [-0.3, -0.25) is 0 Å². The topological polar surface area (TPSA) is 76.0 Å². The van der Waals surface area contributed by atoms with Gasteiger partial charge in [-0.15, -0.1) is 0 Å². The first-order valence-electron chi connectivity index (χ1n) is 8.33. The summed E-state index contributed by atoms with van der Waals surface area (Å²) < 4.78 is 48.8. The number of ether oxygens (including phenoxy) is 4. The Morgan fingerprint density at radius 1 is 0.750 bits per heavy atom. The van der Waals surface area contributed by atoms with Crippen LogP contribution in [0.15, 0.2) is 59.6 Å². The van der Waals surface area contributed by atoms with Crippen LogP contribution >= 0.6 is 0 Å². The van der Waals surface area contributed by atoms with Gasteiger partial charge in [0.05, 0.1) is 39.0 Å². The summed E-state index contributed by atoms with van der Waals surface area (Å²) in [4.78, 5) is 0.144. The molecule has 148 valence electrons. The van der Waals surface area contributed by atoms with Crippen LogP contribution in [-0.2, 0) is 10.0 Å². The molecule has 0 aliphatic carbocycles. The van der Waals surface area contributed by atoms with Crippen molar-refractivity contribution in [2.24, 2.45) is 0 Å². The molecule has 3 aromatic rings. The second kappa shape index (κ2) is 7.85. The molecular formula is C20H21NO6S. The zero-order chi connectivity index (χ0) is 20.3. The highest BCUT2D eigenvalue weighted by Gasteiger charge is 2.23. The van der Waals surface area contributed by atoms with Gasteiger partial charge in [-0.25, -0.2) is 12.4 Å². The highest BCUT2D eigenvalue weighted by atomic mass is 32.2. The van der Waals surface area contributed by atoms with Crippen molar-refractivity contribution in [3.8, 4) is 34.3 Å². The maximum atomic E-state index is 13.2. The van der Waals surface area contributed by atoms with Crippen molar-refractivity contribution in [1.82, 2.24) is 3.97 Å². The van der Waals surface area contributed by atoms with Crippen molar-refractivity contribution >= 4 is 10.0 Å². The smallest absolute Gasteiger partial charge is 0.268 e. The van der Waals surface area contributed by atoms with Gasteiger partial charge in [-0.1, -0.05) is 0 Å². The minimum Gasteiger partial charge on any atom is -0.497 e. The number of methoxy groups -OCH3 is 4. The molecule has 0 saturated carbocycles. The van der Waals surface area contributed by atoms with Crippen molar-refractivity contribution in [1.29, 1.82) is 0 Å². The van der Waals surface area contributed by atoms with Crippen molar-refractivity contribution in [3.05, 3.63) is 54.7 Å². The molecular weight excluding hydrogens is 382 g/mol. The zero-order valence-corrected chi connectivity index (χ0v) is 16.8. The van der Waals surface area contributed by atoms with Gasteiger partial charge in [0.15, 0.2) is 11.5 Å². The number of benzene rings is 2. The molecule has 0 unspecified atom stereocenters. The van der Waals surface area contributed by atoms with Crippen LogP contribution in [0, 0.1) is 0 Å². The number of aromatic nitrogens is 1. The van der Waals surface area contributed by atoms with Crippen molar-refractivity contribution < 1.29 is 27.4 Å². The monoisotopic (exact) mass is 403 g/mol. The van der Waals surface area contributed by atoms with E-state index in [0.29, 0.717) is 34.3 Å². The highest BCUT2D eigenvalue weighted by molar-refractivity contribution is 7.90. The molecule has 0 fully saturated rings. The molecule has 0 amide bonds. The van der Waals surface area contributed by atoms with Crippen LogP contribution in [0.1, 0.15) is 0 Å². The Bertz CT molecular complexity index is 1070. The molecule has 3 rings (SSSR count). The Hall–Kier alpha value is -3.13. The third-order valence-corrected chi connectivity index (χ3v) is 6.02. The van der Waals surface area contributed by atoms with Crippen molar-refractivity contribution in [2.75, 3.05) is 28.4 Å². The van der Waals surface area contributed by atoms with Gasteiger partial charge in [0.1, 0.15) is 11.5 Å². The van der Waals surface area contributed by atoms with Crippen LogP contribution < -0.4 is 18.9 Å². The van der Waals surface area contributed by atoms with Crippen molar-refractivity contribution in [3.63, 3.8) is 0 Å². The van der Waals surface area contributed by atoms with E-state index in [4.69, 9.17) is 18.9 Å². The molecule has 2 aromatic carbocycles. The summed E-state index contributed by atoms with van der Waals surface area (Å²) in [5.74, 6) is 1.99. The van der Waals surface area contributed by atoms with Gasteiger partial charge in [0, 0.05) is 17.8 Å². The summed E-state index contributed by atoms with van der Waals surface area (Å²) in [6.45, 7) is 0. The summed E-state index contributed by atoms with van der Waals surface area (Å²) in [6.07, 6.45) is 1.49. The van der Waals surface area contributed by atoms with E-state index in [0.717, 1.165) is 0 Å². The van der Waals surface area contributed by atoms with Crippen LogP contribution in [0.3, 0.4) is 0 Å². The van der Waals surface area contributed by atoms with Gasteiger partial charge in [-0.2, -0.15) is 0 Å². The van der Waals surface area contributed by atoms with E-state index in [2.05, 4.69) is 0 Å². The summed E-state index contributed by atoms with van der Waals surface area (Å²) in [5, 5.41) is 0. The fourth-order valence-corrected chi connectivity index (χ4v) is 4.23. The summed E-state index contributed by atoms with van der Waals surface area (Å²) >= 11 is 0. The van der Waals surface area contributed by atoms with E-state index in [1.54, 1.807) is 36.4 Å². The van der Waals surface area contributed by atoms with Gasteiger partial charge in [0.2, 0.25) is 0 Å². The molecule has 0 bridgehead atoms. The van der Waals surface area contributed by atoms with Crippen molar-refractivity contribution in [2.45, 2.75) is 4.90 Å². The van der Waals surface area contributed by atoms with Crippen LogP contribution in [0.5, 0.6) is 23.0 Å². The first-order chi connectivity index (χ1) is 13.5. The van der Waals surface area contributed by atoms with E-state index < -0.39 is 10.0 Å². The summed E-state index contributed by atoms with van der Waals surface area (Å²) in [7, 11) is 2.25. The molecule has 0 atom stereocenters. The van der Waals surface area contributed by atoms with E-state index in [-0.39, 0.29) is 4.90 Å². The maximum Gasteiger partial charge on any atom is 0.268 e. The molecule has 8 heteroatoms. The van der Waals surface area contributed by atoms with Gasteiger partial charge >= 0.3 is 0 Å². The lowest BCUT2D eigenvalue weighted by atomic mass is 10.1. The second-order valence-electron chi connectivity index (χ2n) is 5.78. The number of hydrogen-bond acceptors (Lipinski definition) is 6. The van der Waals surface area contributed by atoms with Crippen LogP contribution in [0.25, 0.3) is 11.3 Å². The standard InChI is InChI=1S/C20H21NO6S/c1-24-14-7-9-15(10-8-14)28(22,23)21-11-5-6-17(21)16-12-19(26-3)20(27-4)13-18(16)25-2/h5-13H,1-4H3. The Kier molecular flexibility index (Phi) is 5.51. The molecule has 28 heavy (non-hydrogen) atoms. The molecule has 1 heterocycles. The minimum atomic E-state index is -3.83. The predicted molar refractivity (Wildman–Crippen MR) is 105 cm³/mol. The first kappa shape index (κ1) is 19.6.